The predicted molar refractivity (Wildman–Crippen MR) is 372 cm³/mol. The van der Waals surface area contributed by atoms with Gasteiger partial charge in [0.05, 0.1) is 26.4 Å². The van der Waals surface area contributed by atoms with Crippen molar-refractivity contribution in [3.05, 3.63) is 0 Å². The molecule has 0 rings (SSSR count). The van der Waals surface area contributed by atoms with Crippen LogP contribution in [0, 0.1) is 5.92 Å². The summed E-state index contributed by atoms with van der Waals surface area (Å²) in [6.07, 6.45) is 54.6. The maximum Gasteiger partial charge on any atom is 0.472 e. The molecule has 0 fully saturated rings. The lowest BCUT2D eigenvalue weighted by atomic mass is 9.99. The highest BCUT2D eigenvalue weighted by Crippen LogP contribution is 2.45. The molecule has 546 valence electrons. The van der Waals surface area contributed by atoms with Crippen LogP contribution in [0.4, 0.5) is 0 Å². The number of aliphatic hydroxyl groups is 1. The van der Waals surface area contributed by atoms with Crippen molar-refractivity contribution >= 4 is 39.5 Å². The van der Waals surface area contributed by atoms with Crippen LogP contribution < -0.4 is 0 Å². The Bertz CT molecular complexity index is 1770. The minimum absolute atomic E-state index is 0.104. The van der Waals surface area contributed by atoms with E-state index < -0.39 is 97.5 Å². The van der Waals surface area contributed by atoms with Gasteiger partial charge in [-0.3, -0.25) is 37.3 Å². The van der Waals surface area contributed by atoms with Crippen LogP contribution >= 0.6 is 15.6 Å². The fourth-order valence-corrected chi connectivity index (χ4v) is 12.7. The molecule has 0 aromatic carbocycles. The number of hydrogen-bond donors (Lipinski definition) is 3. The van der Waals surface area contributed by atoms with Crippen molar-refractivity contribution < 1.29 is 80.2 Å². The van der Waals surface area contributed by atoms with Crippen molar-refractivity contribution in [2.24, 2.45) is 5.92 Å². The Labute approximate surface area is 562 Å². The molecular formula is C73H142O17P2. The van der Waals surface area contributed by atoms with Gasteiger partial charge < -0.3 is 33.8 Å². The van der Waals surface area contributed by atoms with Crippen LogP contribution in [0.15, 0.2) is 0 Å². The number of esters is 4. The van der Waals surface area contributed by atoms with Crippen molar-refractivity contribution in [3.63, 3.8) is 0 Å². The van der Waals surface area contributed by atoms with Gasteiger partial charge in [0.1, 0.15) is 19.3 Å². The summed E-state index contributed by atoms with van der Waals surface area (Å²) in [4.78, 5) is 72.4. The molecule has 92 heavy (non-hydrogen) atoms. The molecule has 0 spiro atoms. The summed E-state index contributed by atoms with van der Waals surface area (Å²) in [5.41, 5.74) is 0. The first-order valence-corrected chi connectivity index (χ1v) is 41.2. The standard InChI is InChI=1S/C73H142O17P2/c1-6-10-13-16-18-20-22-24-26-27-28-29-30-32-34-36-38-43-48-53-58-72(77)90-69(63-84-71(76)57-52-47-42-37-35-33-31-25-23-21-19-17-14-11-7-2)65-88-92(81,82)86-61-67(74)60-85-91(79,80)87-64-68(62-83-70(75)56-51-45-15-12-8-3)89-73(78)59-54-49-44-40-39-41-46-50-55-66(5)9-4/h66-69,74H,6-65H2,1-5H3,(H,79,80)(H,81,82)/t66?,67-,68+,69+/m0/s1. The van der Waals surface area contributed by atoms with Gasteiger partial charge in [0.25, 0.3) is 0 Å². The second kappa shape index (κ2) is 66.3. The van der Waals surface area contributed by atoms with E-state index >= 15 is 0 Å². The molecular weight excluding hydrogens is 1210 g/mol. The first kappa shape index (κ1) is 90.1. The van der Waals surface area contributed by atoms with E-state index in [2.05, 4.69) is 34.6 Å². The number of rotatable bonds is 73. The largest absolute Gasteiger partial charge is 0.472 e. The Hall–Kier alpha value is -1.94. The average Bonchev–Trinajstić information content (AvgIpc) is 1.85. The molecule has 0 aliphatic carbocycles. The normalized spacial score (nSPS) is 14.3. The van der Waals surface area contributed by atoms with Gasteiger partial charge >= 0.3 is 39.5 Å². The molecule has 0 heterocycles. The number of unbranched alkanes of at least 4 members (excludes halogenated alkanes) is 44. The maximum atomic E-state index is 13.1. The molecule has 0 amide bonds. The highest BCUT2D eigenvalue weighted by atomic mass is 31.2. The minimum atomic E-state index is -4.95. The molecule has 0 aliphatic heterocycles. The Morgan fingerprint density at radius 3 is 0.772 bits per heavy atom. The van der Waals surface area contributed by atoms with Crippen LogP contribution in [0.25, 0.3) is 0 Å². The van der Waals surface area contributed by atoms with Crippen molar-refractivity contribution in [2.75, 3.05) is 39.6 Å². The Morgan fingerprint density at radius 2 is 0.522 bits per heavy atom. The predicted octanol–water partition coefficient (Wildman–Crippen LogP) is 21.3. The average molecular weight is 1350 g/mol. The molecule has 0 saturated carbocycles. The van der Waals surface area contributed by atoms with Gasteiger partial charge in [-0.2, -0.15) is 0 Å². The third kappa shape index (κ3) is 65.4. The van der Waals surface area contributed by atoms with Gasteiger partial charge in [-0.25, -0.2) is 9.13 Å². The van der Waals surface area contributed by atoms with E-state index in [4.69, 9.17) is 37.0 Å². The summed E-state index contributed by atoms with van der Waals surface area (Å²) >= 11 is 0. The molecule has 3 N–H and O–H groups in total. The van der Waals surface area contributed by atoms with Crippen molar-refractivity contribution in [1.29, 1.82) is 0 Å². The van der Waals surface area contributed by atoms with Crippen molar-refractivity contribution in [2.45, 2.75) is 400 Å². The lowest BCUT2D eigenvalue weighted by Crippen LogP contribution is -2.30. The Morgan fingerprint density at radius 1 is 0.304 bits per heavy atom. The lowest BCUT2D eigenvalue weighted by molar-refractivity contribution is -0.161. The molecule has 17 nitrogen and oxygen atoms in total. The summed E-state index contributed by atoms with van der Waals surface area (Å²) in [5.74, 6) is -1.36. The summed E-state index contributed by atoms with van der Waals surface area (Å²) < 4.78 is 68.2. The van der Waals surface area contributed by atoms with Gasteiger partial charge in [0.15, 0.2) is 12.2 Å². The van der Waals surface area contributed by atoms with E-state index in [1.165, 1.54) is 199 Å². The number of hydrogen-bond acceptors (Lipinski definition) is 15. The first-order chi connectivity index (χ1) is 44.6. The van der Waals surface area contributed by atoms with E-state index in [1.54, 1.807) is 0 Å². The minimum Gasteiger partial charge on any atom is -0.462 e. The summed E-state index contributed by atoms with van der Waals surface area (Å²) in [7, 11) is -9.89. The van der Waals surface area contributed by atoms with Gasteiger partial charge in [0.2, 0.25) is 0 Å². The molecule has 0 aromatic rings. The Balaban J connectivity index is 5.14. The zero-order valence-corrected chi connectivity index (χ0v) is 61.5. The van der Waals surface area contributed by atoms with Crippen LogP contribution in [0.3, 0.4) is 0 Å². The van der Waals surface area contributed by atoms with E-state index in [-0.39, 0.29) is 25.7 Å². The number of phosphoric acid groups is 2. The number of carbonyl (C=O) groups excluding carboxylic acids is 4. The van der Waals surface area contributed by atoms with Crippen LogP contribution in [0.5, 0.6) is 0 Å². The van der Waals surface area contributed by atoms with Crippen LogP contribution in [-0.2, 0) is 65.4 Å². The fraction of sp³-hybridized carbons (Fsp3) is 0.945. The van der Waals surface area contributed by atoms with E-state index in [0.29, 0.717) is 25.7 Å². The molecule has 6 atom stereocenters. The van der Waals surface area contributed by atoms with Crippen LogP contribution in [-0.4, -0.2) is 96.7 Å². The third-order valence-corrected chi connectivity index (χ3v) is 19.3. The van der Waals surface area contributed by atoms with E-state index in [0.717, 1.165) is 102 Å². The van der Waals surface area contributed by atoms with Gasteiger partial charge in [-0.15, -0.1) is 0 Å². The fourth-order valence-electron chi connectivity index (χ4n) is 11.1. The van der Waals surface area contributed by atoms with E-state index in [9.17, 15) is 43.2 Å². The summed E-state index contributed by atoms with van der Waals surface area (Å²) in [5, 5.41) is 10.6. The van der Waals surface area contributed by atoms with Crippen molar-refractivity contribution in [3.8, 4) is 0 Å². The van der Waals surface area contributed by atoms with Crippen molar-refractivity contribution in [1.82, 2.24) is 0 Å². The maximum absolute atomic E-state index is 13.1. The zero-order chi connectivity index (χ0) is 67.7. The highest BCUT2D eigenvalue weighted by Gasteiger charge is 2.30. The summed E-state index contributed by atoms with van der Waals surface area (Å²) in [6, 6.07) is 0. The highest BCUT2D eigenvalue weighted by molar-refractivity contribution is 7.47. The number of ether oxygens (including phenoxy) is 4. The van der Waals surface area contributed by atoms with Crippen LogP contribution in [0.2, 0.25) is 0 Å². The van der Waals surface area contributed by atoms with E-state index in [1.807, 2.05) is 0 Å². The molecule has 0 radical (unpaired) electrons. The molecule has 0 aliphatic rings. The van der Waals surface area contributed by atoms with Crippen LogP contribution in [0.1, 0.15) is 381 Å². The molecule has 3 unspecified atom stereocenters. The van der Waals surface area contributed by atoms with Gasteiger partial charge in [-0.1, -0.05) is 330 Å². The third-order valence-electron chi connectivity index (χ3n) is 17.4. The molecule has 19 heteroatoms. The summed E-state index contributed by atoms with van der Waals surface area (Å²) in [6.45, 7) is 7.18. The van der Waals surface area contributed by atoms with Gasteiger partial charge in [-0.05, 0) is 31.6 Å². The lowest BCUT2D eigenvalue weighted by Gasteiger charge is -2.21. The molecule has 0 bridgehead atoms. The second-order valence-corrected chi connectivity index (χ2v) is 29.5. The topological polar surface area (TPSA) is 237 Å². The molecule has 0 saturated heterocycles. The Kier molecular flexibility index (Phi) is 64.9. The van der Waals surface area contributed by atoms with Gasteiger partial charge in [0, 0.05) is 25.7 Å². The zero-order valence-electron chi connectivity index (χ0n) is 59.7. The quantitative estimate of drug-likeness (QED) is 0.0222. The number of carbonyl (C=O) groups is 4. The number of aliphatic hydroxyl groups excluding tert-OH is 1. The number of phosphoric ester groups is 2. The smallest absolute Gasteiger partial charge is 0.462 e. The monoisotopic (exact) mass is 1350 g/mol. The second-order valence-electron chi connectivity index (χ2n) is 26.6. The molecule has 0 aromatic heterocycles. The SMILES string of the molecule is CCCCCCCCCCCCCCCCCCCCCCC(=O)O[C@H](COC(=O)CCCCCCCCCCCCCCCCC)COP(=O)(O)OC[C@@H](O)COP(=O)(O)OC[C@@H](COC(=O)CCCCCCC)OC(=O)CCCCCCCCCCC(C)CC. The first-order valence-electron chi connectivity index (χ1n) is 38.2.